The zero-order valence-corrected chi connectivity index (χ0v) is 22.8. The Kier molecular flexibility index (Phi) is 4.80. The lowest BCUT2D eigenvalue weighted by molar-refractivity contribution is 0.590. The summed E-state index contributed by atoms with van der Waals surface area (Å²) in [7, 11) is 0. The van der Waals surface area contributed by atoms with E-state index in [9.17, 15) is 10.5 Å². The first-order valence-electron chi connectivity index (χ1n) is 14.2. The third-order valence-electron chi connectivity index (χ3n) is 8.74. The fourth-order valence-electron chi connectivity index (χ4n) is 6.74. The second kappa shape index (κ2) is 8.73. The van der Waals surface area contributed by atoms with Crippen LogP contribution < -0.4 is 0 Å². The lowest BCUT2D eigenvalue weighted by Gasteiger charge is -2.15. The van der Waals surface area contributed by atoms with E-state index in [1.807, 2.05) is 42.5 Å². The van der Waals surface area contributed by atoms with Crippen LogP contribution in [-0.2, 0) is 6.42 Å². The van der Waals surface area contributed by atoms with E-state index in [-0.39, 0.29) is 5.92 Å². The number of nitrogens with zero attached hydrogens (tertiary/aromatic N) is 3. The summed E-state index contributed by atoms with van der Waals surface area (Å²) in [6.07, 6.45) is 4.45. The number of hydrogen-bond donors (Lipinski definition) is 0. The van der Waals surface area contributed by atoms with Crippen molar-refractivity contribution in [2.45, 2.75) is 6.42 Å². The molecule has 200 valence electrons. The highest BCUT2D eigenvalue weighted by Gasteiger charge is 2.22. The predicted molar refractivity (Wildman–Crippen MR) is 170 cm³/mol. The molecule has 0 radical (unpaired) electrons. The van der Waals surface area contributed by atoms with Gasteiger partial charge in [0.25, 0.3) is 0 Å². The Hall–Kier alpha value is -6.04. The Labute approximate surface area is 245 Å². The van der Waals surface area contributed by atoms with Crippen LogP contribution >= 0.6 is 0 Å². The zero-order chi connectivity index (χ0) is 28.7. The molecule has 1 aliphatic carbocycles. The van der Waals surface area contributed by atoms with Gasteiger partial charge in [0.15, 0.2) is 0 Å². The molecule has 0 aliphatic heterocycles. The van der Waals surface area contributed by atoms with Crippen LogP contribution in [0.2, 0.25) is 0 Å². The van der Waals surface area contributed by atoms with Gasteiger partial charge in [-0.15, -0.1) is 0 Å². The number of furan rings is 2. The number of fused-ring (bicyclic) bond motifs is 9. The van der Waals surface area contributed by atoms with Crippen molar-refractivity contribution in [1.82, 2.24) is 4.57 Å². The van der Waals surface area contributed by atoms with Crippen LogP contribution in [0.4, 0.5) is 0 Å². The number of aromatic nitrogens is 1. The maximum Gasteiger partial charge on any atom is 0.136 e. The van der Waals surface area contributed by atoms with Gasteiger partial charge in [0, 0.05) is 38.1 Å². The van der Waals surface area contributed by atoms with Crippen LogP contribution in [0.5, 0.6) is 0 Å². The molecule has 1 atom stereocenters. The highest BCUT2D eigenvalue weighted by molar-refractivity contribution is 6.12. The Morgan fingerprint density at radius 3 is 2.16 bits per heavy atom. The lowest BCUT2D eigenvalue weighted by atomic mass is 9.93. The van der Waals surface area contributed by atoms with Crippen molar-refractivity contribution in [2.75, 3.05) is 0 Å². The normalized spacial score (nSPS) is 14.5. The molecular weight excluding hydrogens is 530 g/mol. The molecule has 5 heteroatoms. The fraction of sp³-hybridized carbons (Fsp3) is 0.0526. The molecule has 0 N–H and O–H groups in total. The second-order valence-corrected chi connectivity index (χ2v) is 11.1. The molecule has 1 unspecified atom stereocenters. The van der Waals surface area contributed by atoms with E-state index in [0.717, 1.165) is 72.1 Å². The van der Waals surface area contributed by atoms with Crippen LogP contribution in [0, 0.1) is 28.6 Å². The van der Waals surface area contributed by atoms with E-state index in [4.69, 9.17) is 8.83 Å². The topological polar surface area (TPSA) is 78.8 Å². The average molecular weight is 552 g/mol. The summed E-state index contributed by atoms with van der Waals surface area (Å²) in [5.41, 5.74) is 9.20. The summed E-state index contributed by atoms with van der Waals surface area (Å²) in [5.74, 6) is 0.658. The van der Waals surface area contributed by atoms with Crippen molar-refractivity contribution in [2.24, 2.45) is 5.92 Å². The van der Waals surface area contributed by atoms with Crippen LogP contribution in [0.25, 0.3) is 77.6 Å². The first-order chi connectivity index (χ1) is 21.2. The van der Waals surface area contributed by atoms with E-state index in [0.29, 0.717) is 12.0 Å². The molecule has 3 heterocycles. The van der Waals surface area contributed by atoms with Crippen molar-refractivity contribution >= 4 is 60.8 Å². The number of rotatable bonds is 2. The Balaban J connectivity index is 1.28. The van der Waals surface area contributed by atoms with Crippen molar-refractivity contribution in [3.05, 3.63) is 120 Å². The van der Waals surface area contributed by atoms with Crippen molar-refractivity contribution in [3.8, 4) is 29.0 Å². The highest BCUT2D eigenvalue weighted by Crippen LogP contribution is 2.41. The zero-order valence-electron chi connectivity index (χ0n) is 22.8. The lowest BCUT2D eigenvalue weighted by Crippen LogP contribution is -2.02. The molecule has 5 nitrogen and oxygen atoms in total. The molecule has 0 saturated heterocycles. The van der Waals surface area contributed by atoms with E-state index >= 15 is 0 Å². The van der Waals surface area contributed by atoms with Crippen LogP contribution in [-0.4, -0.2) is 4.57 Å². The Morgan fingerprint density at radius 1 is 0.674 bits per heavy atom. The molecular formula is C38H21N3O2. The third-order valence-corrected chi connectivity index (χ3v) is 8.74. The molecule has 0 spiro atoms. The average Bonchev–Trinajstić information content (AvgIpc) is 3.71. The number of benzene rings is 5. The molecule has 0 amide bonds. The van der Waals surface area contributed by atoms with Crippen molar-refractivity contribution in [3.63, 3.8) is 0 Å². The van der Waals surface area contributed by atoms with Gasteiger partial charge >= 0.3 is 0 Å². The highest BCUT2D eigenvalue weighted by atomic mass is 16.3. The number of hydrogen-bond acceptors (Lipinski definition) is 4. The van der Waals surface area contributed by atoms with Gasteiger partial charge in [0.05, 0.1) is 40.3 Å². The monoisotopic (exact) mass is 551 g/mol. The van der Waals surface area contributed by atoms with E-state index < -0.39 is 0 Å². The molecule has 9 rings (SSSR count). The smallest absolute Gasteiger partial charge is 0.136 e. The second-order valence-electron chi connectivity index (χ2n) is 11.1. The summed E-state index contributed by atoms with van der Waals surface area (Å²) in [4.78, 5) is 0. The van der Waals surface area contributed by atoms with Gasteiger partial charge in [0.1, 0.15) is 22.5 Å². The molecule has 0 bridgehead atoms. The standard InChI is InChI=1S/C38H21N3O2/c39-20-22-10-13-35-28(15-22)30-18-38-31(19-37(30)42-35)29-17-24(11-14-36(29)43-38)25-12-9-23(21-40)16-34(25)41-32-7-3-1-5-26(32)27-6-2-4-8-33(27)41/h1-14,16-19,22H,15H2. The van der Waals surface area contributed by atoms with Gasteiger partial charge in [-0.2, -0.15) is 10.5 Å². The number of nitriles is 2. The Bertz CT molecular complexity index is 2530. The summed E-state index contributed by atoms with van der Waals surface area (Å²) in [5, 5.41) is 24.6. The minimum atomic E-state index is -0.154. The molecule has 8 aromatic rings. The molecule has 3 aromatic heterocycles. The van der Waals surface area contributed by atoms with Crippen LogP contribution in [0.1, 0.15) is 16.9 Å². The summed E-state index contributed by atoms with van der Waals surface area (Å²) < 4.78 is 14.8. The van der Waals surface area contributed by atoms with Gasteiger partial charge in [-0.1, -0.05) is 54.6 Å². The van der Waals surface area contributed by atoms with Crippen LogP contribution in [0.15, 0.2) is 112 Å². The van der Waals surface area contributed by atoms with Gasteiger partial charge < -0.3 is 13.4 Å². The molecule has 43 heavy (non-hydrogen) atoms. The Morgan fingerprint density at radius 2 is 1.40 bits per heavy atom. The molecule has 1 aliphatic rings. The predicted octanol–water partition coefficient (Wildman–Crippen LogP) is 9.68. The van der Waals surface area contributed by atoms with Gasteiger partial charge in [-0.3, -0.25) is 0 Å². The maximum atomic E-state index is 9.85. The maximum absolute atomic E-state index is 9.85. The quantitative estimate of drug-likeness (QED) is 0.214. The molecule has 0 fully saturated rings. The fourth-order valence-corrected chi connectivity index (χ4v) is 6.74. The molecule has 0 saturated carbocycles. The molecule has 5 aromatic carbocycles. The van der Waals surface area contributed by atoms with Gasteiger partial charge in [0.2, 0.25) is 0 Å². The minimum absolute atomic E-state index is 0.154. The minimum Gasteiger partial charge on any atom is -0.456 e. The summed E-state index contributed by atoms with van der Waals surface area (Å²) in [6.45, 7) is 0. The van der Waals surface area contributed by atoms with Gasteiger partial charge in [-0.05, 0) is 66.6 Å². The summed E-state index contributed by atoms with van der Waals surface area (Å²) in [6, 6.07) is 37.7. The number of allylic oxidation sites excluding steroid dienone is 1. The third kappa shape index (κ3) is 3.37. The van der Waals surface area contributed by atoms with Gasteiger partial charge in [-0.25, -0.2) is 0 Å². The summed E-state index contributed by atoms with van der Waals surface area (Å²) >= 11 is 0. The van der Waals surface area contributed by atoms with E-state index in [1.165, 1.54) is 10.8 Å². The van der Waals surface area contributed by atoms with E-state index in [1.54, 1.807) is 0 Å². The van der Waals surface area contributed by atoms with Crippen LogP contribution in [0.3, 0.4) is 0 Å². The first kappa shape index (κ1) is 23.6. The van der Waals surface area contributed by atoms with Crippen molar-refractivity contribution in [1.29, 1.82) is 10.5 Å². The van der Waals surface area contributed by atoms with E-state index in [2.05, 4.69) is 83.4 Å². The van der Waals surface area contributed by atoms with Crippen molar-refractivity contribution < 1.29 is 8.83 Å². The largest absolute Gasteiger partial charge is 0.456 e. The number of para-hydroxylation sites is 2. The SMILES string of the molecule is N#Cc1ccc(-c2ccc3oc4cc5c6c(oc5cc4c3c2)C=CC(C#N)C6)c(-n2c3ccccc3c3ccccc32)c1. The first-order valence-corrected chi connectivity index (χ1v) is 14.2.